The molecule has 0 rings (SSSR count). The van der Waals surface area contributed by atoms with Crippen LogP contribution in [0.25, 0.3) is 0 Å². The van der Waals surface area contributed by atoms with Crippen LogP contribution in [-0.2, 0) is 24.4 Å². The summed E-state index contributed by atoms with van der Waals surface area (Å²) in [4.78, 5) is 32.6. The molecule has 0 aliphatic heterocycles. The Morgan fingerprint density at radius 3 is 0.976 bits per heavy atom. The lowest BCUT2D eigenvalue weighted by molar-refractivity contribution is -0.459. The Bertz CT molecular complexity index is 561. The van der Waals surface area contributed by atoms with Gasteiger partial charge in [0.15, 0.2) is 0 Å². The molecule has 0 spiro atoms. The predicted octanol–water partition coefficient (Wildman–Crippen LogP) is 12.0. The third-order valence-electron chi connectivity index (χ3n) is 7.54. The van der Waals surface area contributed by atoms with Crippen molar-refractivity contribution < 1.29 is 24.4 Å². The van der Waals surface area contributed by atoms with Gasteiger partial charge in [0.1, 0.15) is 0 Å². The van der Waals surface area contributed by atoms with Crippen LogP contribution in [0.4, 0.5) is 0 Å². The van der Waals surface area contributed by atoms with Crippen molar-refractivity contribution in [2.75, 3.05) is 0 Å². The highest BCUT2D eigenvalue weighted by atomic mass is 17.5. The molecule has 0 bridgehead atoms. The maximum atomic E-state index is 11.7. The number of unbranched alkanes of at least 4 members (excludes halogenated alkanes) is 22. The molecular weight excluding hydrogens is 512 g/mol. The largest absolute Gasteiger partial charge is 0.346 e. The molecule has 0 aromatic carbocycles. The van der Waals surface area contributed by atoms with Crippen molar-refractivity contribution in [3.8, 4) is 0 Å². The first-order chi connectivity index (χ1) is 20.2. The molecule has 0 unspecified atom stereocenters. The quantitative estimate of drug-likeness (QED) is 0.0344. The van der Waals surface area contributed by atoms with Gasteiger partial charge in [0.2, 0.25) is 0 Å². The van der Waals surface area contributed by atoms with E-state index >= 15 is 0 Å². The fourth-order valence-corrected chi connectivity index (χ4v) is 4.86. The molecule has 240 valence electrons. The molecule has 0 saturated heterocycles. The van der Waals surface area contributed by atoms with E-state index in [9.17, 15) is 9.59 Å². The zero-order chi connectivity index (χ0) is 29.9. The molecule has 0 aromatic heterocycles. The van der Waals surface area contributed by atoms with Crippen LogP contribution in [0.3, 0.4) is 0 Å². The molecule has 0 aliphatic rings. The minimum atomic E-state index is -0.489. The summed E-state index contributed by atoms with van der Waals surface area (Å²) >= 11 is 0. The summed E-state index contributed by atoms with van der Waals surface area (Å²) in [6.45, 7) is 4.52. The van der Waals surface area contributed by atoms with Gasteiger partial charge in [-0.15, -0.1) is 0 Å². The summed E-state index contributed by atoms with van der Waals surface area (Å²) in [6, 6.07) is 0. The third kappa shape index (κ3) is 34.5. The molecule has 0 amide bonds. The van der Waals surface area contributed by atoms with E-state index < -0.39 is 11.9 Å². The number of carbonyl (C=O) groups is 2. The second-order valence-corrected chi connectivity index (χ2v) is 11.6. The monoisotopic (exact) mass is 578 g/mol. The average molecular weight is 579 g/mol. The predicted molar refractivity (Wildman–Crippen MR) is 172 cm³/mol. The van der Waals surface area contributed by atoms with E-state index in [1.54, 1.807) is 0 Å². The van der Waals surface area contributed by atoms with Crippen molar-refractivity contribution in [3.05, 3.63) is 24.3 Å². The highest BCUT2D eigenvalue weighted by molar-refractivity contribution is 5.69. The summed E-state index contributed by atoms with van der Waals surface area (Å²) in [5.41, 5.74) is 0. The Morgan fingerprint density at radius 2 is 0.659 bits per heavy atom. The van der Waals surface area contributed by atoms with Gasteiger partial charge in [0.25, 0.3) is 0 Å². The maximum Gasteiger partial charge on any atom is 0.346 e. The lowest BCUT2D eigenvalue weighted by atomic mass is 10.1. The van der Waals surface area contributed by atoms with E-state index in [0.29, 0.717) is 0 Å². The molecule has 0 heterocycles. The minimum Gasteiger partial charge on any atom is -0.260 e. The van der Waals surface area contributed by atoms with Gasteiger partial charge in [-0.05, 0) is 64.2 Å². The number of carbonyl (C=O) groups excluding carboxylic acids is 2. The van der Waals surface area contributed by atoms with E-state index in [2.05, 4.69) is 53.0 Å². The molecule has 0 aliphatic carbocycles. The van der Waals surface area contributed by atoms with Crippen molar-refractivity contribution in [2.24, 2.45) is 0 Å². The van der Waals surface area contributed by atoms with E-state index in [-0.39, 0.29) is 12.8 Å². The highest BCUT2D eigenvalue weighted by Gasteiger charge is 2.08. The Balaban J connectivity index is 3.35. The molecule has 0 fully saturated rings. The maximum absolute atomic E-state index is 11.7. The summed E-state index contributed by atoms with van der Waals surface area (Å²) in [5.74, 6) is -0.979. The van der Waals surface area contributed by atoms with Crippen molar-refractivity contribution in [2.45, 2.75) is 194 Å². The molecule has 0 radical (unpaired) electrons. The van der Waals surface area contributed by atoms with Gasteiger partial charge >= 0.3 is 11.9 Å². The van der Waals surface area contributed by atoms with Crippen molar-refractivity contribution in [3.63, 3.8) is 0 Å². The van der Waals surface area contributed by atoms with Crippen LogP contribution in [0.2, 0.25) is 0 Å². The minimum absolute atomic E-state index is 0.282. The normalized spacial score (nSPS) is 11.6. The van der Waals surface area contributed by atoms with Gasteiger partial charge in [0, 0.05) is 17.9 Å². The lowest BCUT2D eigenvalue weighted by Crippen LogP contribution is -2.10. The standard InChI is InChI=1S/C36H66O5/c1-3-5-7-9-11-13-15-17-19-21-23-25-27-29-31-33-35(37)39-41-40-36(38)34-32-30-28-26-24-22-20-18-16-14-12-10-8-6-4-2/h17-20H,3-16,21-34H2,1-2H3. The Labute approximate surface area is 254 Å². The molecule has 0 N–H and O–H groups in total. The lowest BCUT2D eigenvalue weighted by Gasteiger charge is -2.03. The molecule has 5 nitrogen and oxygen atoms in total. The fourth-order valence-electron chi connectivity index (χ4n) is 4.86. The second-order valence-electron chi connectivity index (χ2n) is 11.6. The van der Waals surface area contributed by atoms with Gasteiger partial charge in [-0.3, -0.25) is 9.78 Å². The second kappa shape index (κ2) is 34.6. The first kappa shape index (κ1) is 39.4. The van der Waals surface area contributed by atoms with Gasteiger partial charge in [-0.2, -0.15) is 0 Å². The van der Waals surface area contributed by atoms with Gasteiger partial charge in [-0.1, -0.05) is 141 Å². The fraction of sp³-hybridized carbons (Fsp3) is 0.833. The summed E-state index contributed by atoms with van der Waals surface area (Å²) in [5, 5.41) is 4.39. The van der Waals surface area contributed by atoms with Crippen molar-refractivity contribution in [1.29, 1.82) is 0 Å². The Kier molecular flexibility index (Phi) is 33.2. The Hall–Kier alpha value is -1.62. The first-order valence-corrected chi connectivity index (χ1v) is 17.6. The van der Waals surface area contributed by atoms with Crippen LogP contribution in [0.1, 0.15) is 194 Å². The van der Waals surface area contributed by atoms with Crippen LogP contribution in [0.15, 0.2) is 24.3 Å². The van der Waals surface area contributed by atoms with Crippen LogP contribution >= 0.6 is 0 Å². The smallest absolute Gasteiger partial charge is 0.260 e. The summed E-state index contributed by atoms with van der Waals surface area (Å²) in [7, 11) is 0. The number of rotatable bonds is 32. The topological polar surface area (TPSA) is 61.8 Å². The number of hydrogen-bond acceptors (Lipinski definition) is 5. The Morgan fingerprint density at radius 1 is 0.390 bits per heavy atom. The van der Waals surface area contributed by atoms with E-state index in [1.165, 1.54) is 116 Å². The van der Waals surface area contributed by atoms with Crippen molar-refractivity contribution >= 4 is 11.9 Å². The molecular formula is C36H66O5. The third-order valence-corrected chi connectivity index (χ3v) is 7.54. The van der Waals surface area contributed by atoms with Crippen molar-refractivity contribution in [1.82, 2.24) is 0 Å². The number of hydrogen-bond donors (Lipinski definition) is 0. The van der Waals surface area contributed by atoms with Crippen LogP contribution in [0.5, 0.6) is 0 Å². The van der Waals surface area contributed by atoms with Gasteiger partial charge < -0.3 is 0 Å². The van der Waals surface area contributed by atoms with Gasteiger partial charge in [0.05, 0.1) is 0 Å². The zero-order valence-corrected chi connectivity index (χ0v) is 27.1. The zero-order valence-electron chi connectivity index (χ0n) is 27.1. The van der Waals surface area contributed by atoms with Gasteiger partial charge in [-0.25, -0.2) is 9.59 Å². The van der Waals surface area contributed by atoms with Crippen LogP contribution < -0.4 is 0 Å². The number of allylic oxidation sites excluding steroid dienone is 4. The SMILES string of the molecule is CCCCCCCCC=CCCCCCCCC(=O)OOOC(=O)CCCCCCCC=CCCCCCCCC. The summed E-state index contributed by atoms with van der Waals surface area (Å²) < 4.78 is 0. The van der Waals surface area contributed by atoms with Crippen LogP contribution in [0, 0.1) is 0 Å². The van der Waals surface area contributed by atoms with E-state index in [4.69, 9.17) is 0 Å². The summed E-state index contributed by atoms with van der Waals surface area (Å²) in [6.07, 6.45) is 41.4. The molecule has 0 atom stereocenters. The van der Waals surface area contributed by atoms with E-state index in [1.807, 2.05) is 0 Å². The molecule has 0 aromatic rings. The first-order valence-electron chi connectivity index (χ1n) is 17.6. The van der Waals surface area contributed by atoms with E-state index in [0.717, 1.165) is 51.4 Å². The highest BCUT2D eigenvalue weighted by Crippen LogP contribution is 2.12. The molecule has 0 saturated carbocycles. The average Bonchev–Trinajstić information content (AvgIpc) is 2.97. The molecule has 5 heteroatoms. The molecule has 41 heavy (non-hydrogen) atoms. The van der Waals surface area contributed by atoms with Crippen LogP contribution in [-0.4, -0.2) is 11.9 Å².